The Morgan fingerprint density at radius 1 is 1.38 bits per heavy atom. The monoisotopic (exact) mass is 483 g/mol. The van der Waals surface area contributed by atoms with Crippen molar-refractivity contribution in [1.29, 1.82) is 0 Å². The van der Waals surface area contributed by atoms with Crippen molar-refractivity contribution in [3.8, 4) is 0 Å². The molecule has 0 bridgehead atoms. The highest BCUT2D eigenvalue weighted by molar-refractivity contribution is 7.07. The molecule has 1 N–H and O–H groups in total. The first kappa shape index (κ1) is 22.7. The molecule has 1 aromatic rings. The molecular weight excluding hydrogens is 450 g/mol. The molecule has 0 spiro atoms. The molecule has 3 unspecified atom stereocenters. The van der Waals surface area contributed by atoms with Crippen molar-refractivity contribution in [2.75, 3.05) is 13.7 Å². The van der Waals surface area contributed by atoms with Gasteiger partial charge in [-0.1, -0.05) is 25.5 Å². The van der Waals surface area contributed by atoms with Crippen molar-refractivity contribution in [1.82, 2.24) is 5.06 Å². The first-order valence-corrected chi connectivity index (χ1v) is 13.3. The highest BCUT2D eigenvalue weighted by Gasteiger charge is 2.76. The normalized spacial score (nSPS) is 45.2. The Kier molecular flexibility index (Phi) is 5.06. The second-order valence-electron chi connectivity index (χ2n) is 11.4. The number of ether oxygens (including phenoxy) is 1. The van der Waals surface area contributed by atoms with E-state index in [9.17, 15) is 14.7 Å². The number of carbonyl (C=O) groups excluding carboxylic acids is 2. The van der Waals surface area contributed by atoms with Crippen LogP contribution in [0.4, 0.5) is 0 Å². The van der Waals surface area contributed by atoms with E-state index in [1.807, 2.05) is 11.1 Å². The number of nitrogens with zero attached hydrogens (tertiary/aromatic N) is 1. The summed E-state index contributed by atoms with van der Waals surface area (Å²) in [6.45, 7) is 5.64. The van der Waals surface area contributed by atoms with Crippen LogP contribution in [0.1, 0.15) is 45.1 Å². The van der Waals surface area contributed by atoms with Gasteiger partial charge in [0, 0.05) is 35.8 Å². The molecule has 3 saturated carbocycles. The van der Waals surface area contributed by atoms with Gasteiger partial charge in [-0.2, -0.15) is 16.4 Å². The van der Waals surface area contributed by atoms with Gasteiger partial charge in [-0.25, -0.2) is 4.79 Å². The van der Waals surface area contributed by atoms with Crippen molar-refractivity contribution in [2.45, 2.75) is 57.8 Å². The van der Waals surface area contributed by atoms with Crippen LogP contribution in [-0.2, 0) is 25.7 Å². The molecule has 0 radical (unpaired) electrons. The highest BCUT2D eigenvalue weighted by atomic mass is 32.1. The van der Waals surface area contributed by atoms with Gasteiger partial charge in [0.1, 0.15) is 0 Å². The highest BCUT2D eigenvalue weighted by Crippen LogP contribution is 2.70. The summed E-state index contributed by atoms with van der Waals surface area (Å²) in [6, 6.07) is 2.09. The number of thiophene rings is 1. The molecular formula is C27H33NO5S. The second kappa shape index (κ2) is 7.60. The van der Waals surface area contributed by atoms with E-state index in [0.29, 0.717) is 19.5 Å². The number of carbonyl (C=O) groups is 2. The predicted molar refractivity (Wildman–Crippen MR) is 127 cm³/mol. The summed E-state index contributed by atoms with van der Waals surface area (Å²) >= 11 is 1.66. The number of aliphatic hydroxyl groups is 1. The predicted octanol–water partition coefficient (Wildman–Crippen LogP) is 3.91. The summed E-state index contributed by atoms with van der Waals surface area (Å²) in [7, 11) is 1.44. The van der Waals surface area contributed by atoms with Gasteiger partial charge in [-0.05, 0) is 72.1 Å². The molecule has 4 fully saturated rings. The fourth-order valence-corrected chi connectivity index (χ4v) is 9.27. The maximum absolute atomic E-state index is 13.5. The van der Waals surface area contributed by atoms with E-state index < -0.39 is 17.1 Å². The van der Waals surface area contributed by atoms with E-state index in [1.54, 1.807) is 23.5 Å². The SMILES string of the molecule is COC(=O)[C@@]12ON(Cc3ccsc3)C[C@@H]1CC1C3CCC4=CC(=O)C=C[C@]4(C)C3[C@@H](O)C[C@@]12C. The molecule has 1 saturated heterocycles. The topological polar surface area (TPSA) is 76.1 Å². The molecule has 2 heterocycles. The van der Waals surface area contributed by atoms with E-state index >= 15 is 0 Å². The minimum absolute atomic E-state index is 0.0211. The molecule has 1 aliphatic heterocycles. The summed E-state index contributed by atoms with van der Waals surface area (Å²) < 4.78 is 5.40. The van der Waals surface area contributed by atoms with Gasteiger partial charge in [-0.15, -0.1) is 0 Å². The lowest BCUT2D eigenvalue weighted by Gasteiger charge is -2.59. The fourth-order valence-electron chi connectivity index (χ4n) is 8.61. The zero-order valence-corrected chi connectivity index (χ0v) is 20.8. The summed E-state index contributed by atoms with van der Waals surface area (Å²) in [5.41, 5.74) is 0.390. The molecule has 182 valence electrons. The maximum atomic E-state index is 13.5. The van der Waals surface area contributed by atoms with Crippen LogP contribution in [0, 0.1) is 34.5 Å². The maximum Gasteiger partial charge on any atom is 0.341 e. The van der Waals surface area contributed by atoms with E-state index in [1.165, 1.54) is 12.7 Å². The van der Waals surface area contributed by atoms with Gasteiger partial charge in [0.15, 0.2) is 11.4 Å². The first-order chi connectivity index (χ1) is 16.2. The molecule has 6 nitrogen and oxygen atoms in total. The molecule has 0 amide bonds. The van der Waals surface area contributed by atoms with Crippen LogP contribution in [0.2, 0.25) is 0 Å². The summed E-state index contributed by atoms with van der Waals surface area (Å²) in [5, 5.41) is 17.8. The minimum Gasteiger partial charge on any atom is -0.467 e. The van der Waals surface area contributed by atoms with Crippen LogP contribution in [0.3, 0.4) is 0 Å². The number of methoxy groups -OCH3 is 1. The molecule has 6 rings (SSSR count). The first-order valence-electron chi connectivity index (χ1n) is 12.4. The number of fused-ring (bicyclic) bond motifs is 7. The van der Waals surface area contributed by atoms with Crippen molar-refractivity contribution in [3.05, 3.63) is 46.2 Å². The Hall–Kier alpha value is -1.80. The van der Waals surface area contributed by atoms with Crippen LogP contribution in [-0.4, -0.2) is 47.3 Å². The third-order valence-electron chi connectivity index (χ3n) is 9.97. The van der Waals surface area contributed by atoms with Gasteiger partial charge >= 0.3 is 5.97 Å². The Balaban J connectivity index is 1.37. The quantitative estimate of drug-likeness (QED) is 0.657. The zero-order valence-electron chi connectivity index (χ0n) is 20.0. The Bertz CT molecular complexity index is 1080. The molecule has 34 heavy (non-hydrogen) atoms. The molecule has 0 aromatic carbocycles. The van der Waals surface area contributed by atoms with E-state index in [-0.39, 0.29) is 40.8 Å². The molecule has 8 atom stereocenters. The number of hydrogen-bond acceptors (Lipinski definition) is 7. The molecule has 5 aliphatic rings. The van der Waals surface area contributed by atoms with Gasteiger partial charge < -0.3 is 9.84 Å². The molecule has 1 aromatic heterocycles. The van der Waals surface area contributed by atoms with Gasteiger partial charge in [-0.3, -0.25) is 9.63 Å². The Labute approximate surface area is 204 Å². The number of hydrogen-bond donors (Lipinski definition) is 1. The number of rotatable bonds is 3. The third kappa shape index (κ3) is 2.84. The van der Waals surface area contributed by atoms with Crippen molar-refractivity contribution < 1.29 is 24.3 Å². The second-order valence-corrected chi connectivity index (χ2v) is 12.2. The zero-order chi connectivity index (χ0) is 23.9. The standard InChI is InChI=1S/C27H33NO5S/c1-25-8-6-19(29)10-17(25)4-5-20-21-11-18-14-28(13-16-7-9-34-15-16)33-27(18,24(31)32-3)26(21,2)12-22(30)23(20)25/h6-10,15,18,20-23,30H,4-5,11-14H2,1-3H3/t18-,20?,21?,22-,23?,25-,26-,27-/m0/s1. The third-order valence-corrected chi connectivity index (χ3v) is 10.7. The fraction of sp³-hybridized carbons (Fsp3) is 0.630. The number of allylic oxidation sites excluding steroid dienone is 4. The van der Waals surface area contributed by atoms with E-state index in [2.05, 4.69) is 30.7 Å². The molecule has 7 heteroatoms. The number of hydroxylamine groups is 2. The van der Waals surface area contributed by atoms with Crippen molar-refractivity contribution in [2.24, 2.45) is 34.5 Å². The van der Waals surface area contributed by atoms with Gasteiger partial charge in [0.25, 0.3) is 0 Å². The Morgan fingerprint density at radius 3 is 2.94 bits per heavy atom. The Morgan fingerprint density at radius 2 is 2.21 bits per heavy atom. The van der Waals surface area contributed by atoms with E-state index in [0.717, 1.165) is 24.8 Å². The van der Waals surface area contributed by atoms with Crippen LogP contribution in [0.25, 0.3) is 0 Å². The van der Waals surface area contributed by atoms with Gasteiger partial charge in [0.2, 0.25) is 0 Å². The number of aliphatic hydroxyl groups excluding tert-OH is 1. The lowest BCUT2D eigenvalue weighted by atomic mass is 9.46. The molecule has 4 aliphatic carbocycles. The van der Waals surface area contributed by atoms with Crippen molar-refractivity contribution >= 4 is 23.1 Å². The number of esters is 1. The minimum atomic E-state index is -1.08. The average Bonchev–Trinajstić information content (AvgIpc) is 3.49. The van der Waals surface area contributed by atoms with Gasteiger partial charge in [0.05, 0.1) is 13.2 Å². The summed E-state index contributed by atoms with van der Waals surface area (Å²) in [6.07, 6.45) is 8.03. The van der Waals surface area contributed by atoms with Crippen LogP contribution in [0.15, 0.2) is 40.6 Å². The summed E-state index contributed by atoms with van der Waals surface area (Å²) in [4.78, 5) is 32.2. The lowest BCUT2D eigenvalue weighted by Crippen LogP contribution is -2.62. The smallest absolute Gasteiger partial charge is 0.341 e. The van der Waals surface area contributed by atoms with E-state index in [4.69, 9.17) is 9.57 Å². The number of ketones is 1. The lowest BCUT2D eigenvalue weighted by molar-refractivity contribution is -0.263. The van der Waals surface area contributed by atoms with Crippen LogP contribution in [0.5, 0.6) is 0 Å². The van der Waals surface area contributed by atoms with Crippen LogP contribution >= 0.6 is 11.3 Å². The average molecular weight is 484 g/mol. The van der Waals surface area contributed by atoms with Crippen LogP contribution < -0.4 is 0 Å². The summed E-state index contributed by atoms with van der Waals surface area (Å²) in [5.74, 6) is 0.289. The largest absolute Gasteiger partial charge is 0.467 e. The van der Waals surface area contributed by atoms with Crippen molar-refractivity contribution in [3.63, 3.8) is 0 Å².